The number of nitrogens with zero attached hydrogens (tertiary/aromatic N) is 4. The zero-order valence-corrected chi connectivity index (χ0v) is 19.9. The Hall–Kier alpha value is -1.83. The number of carbonyl (C=O) groups is 1. The highest BCUT2D eigenvalue weighted by molar-refractivity contribution is 9.10. The summed E-state index contributed by atoms with van der Waals surface area (Å²) >= 11 is 15.8. The highest BCUT2D eigenvalue weighted by Gasteiger charge is 2.23. The number of aromatic nitrogens is 4. The van der Waals surface area contributed by atoms with Crippen molar-refractivity contribution in [2.24, 2.45) is 0 Å². The fourth-order valence-corrected chi connectivity index (χ4v) is 3.93. The molecule has 3 rings (SSSR count). The molecule has 0 aliphatic carbocycles. The molecule has 1 atom stereocenters. The van der Waals surface area contributed by atoms with Crippen LogP contribution in [0.5, 0.6) is 0 Å². The first-order chi connectivity index (χ1) is 13.6. The van der Waals surface area contributed by atoms with Gasteiger partial charge in [0.05, 0.1) is 39.5 Å². The smallest absolute Gasteiger partial charge is 0.249 e. The normalized spacial score (nSPS) is 12.3. The van der Waals surface area contributed by atoms with E-state index in [0.29, 0.717) is 22.3 Å². The predicted octanol–water partition coefficient (Wildman–Crippen LogP) is 5.63. The van der Waals surface area contributed by atoms with Crippen LogP contribution in [0, 0.1) is 27.7 Å². The lowest BCUT2D eigenvalue weighted by atomic mass is 10.2. The third-order valence-corrected chi connectivity index (χ3v) is 6.68. The van der Waals surface area contributed by atoms with Crippen molar-refractivity contribution in [2.75, 3.05) is 5.32 Å². The highest BCUT2D eigenvalue weighted by atomic mass is 79.9. The molecule has 0 spiro atoms. The number of amides is 1. The van der Waals surface area contributed by atoms with E-state index in [4.69, 9.17) is 23.2 Å². The summed E-state index contributed by atoms with van der Waals surface area (Å²) in [5, 5.41) is 13.2. The van der Waals surface area contributed by atoms with E-state index in [0.717, 1.165) is 32.8 Å². The van der Waals surface area contributed by atoms with E-state index in [1.165, 1.54) is 0 Å². The van der Waals surface area contributed by atoms with Crippen molar-refractivity contribution < 1.29 is 4.79 Å². The van der Waals surface area contributed by atoms with Gasteiger partial charge in [-0.3, -0.25) is 14.2 Å². The number of halogens is 3. The topological polar surface area (TPSA) is 64.7 Å². The van der Waals surface area contributed by atoms with E-state index in [-0.39, 0.29) is 5.91 Å². The van der Waals surface area contributed by atoms with Crippen molar-refractivity contribution in [3.63, 3.8) is 0 Å². The number of hydrogen-bond donors (Lipinski definition) is 1. The molecule has 2 aromatic heterocycles. The third kappa shape index (κ3) is 4.37. The molecule has 1 amide bonds. The average Bonchev–Trinajstić information content (AvgIpc) is 3.07. The fourth-order valence-electron chi connectivity index (χ4n) is 3.20. The van der Waals surface area contributed by atoms with E-state index in [9.17, 15) is 4.79 Å². The molecule has 1 unspecified atom stereocenters. The maximum absolute atomic E-state index is 12.9. The molecule has 6 nitrogen and oxygen atoms in total. The lowest BCUT2D eigenvalue weighted by Crippen LogP contribution is -2.25. The van der Waals surface area contributed by atoms with Gasteiger partial charge in [-0.15, -0.1) is 0 Å². The van der Waals surface area contributed by atoms with Crippen molar-refractivity contribution in [3.8, 4) is 0 Å². The van der Waals surface area contributed by atoms with Gasteiger partial charge in [0.1, 0.15) is 6.04 Å². The molecular weight excluding hydrogens is 477 g/mol. The molecule has 3 aromatic rings. The van der Waals surface area contributed by atoms with Crippen molar-refractivity contribution in [3.05, 3.63) is 61.1 Å². The minimum atomic E-state index is -0.465. The Bertz CT molecular complexity index is 1090. The number of anilines is 1. The molecule has 0 fully saturated rings. The van der Waals surface area contributed by atoms with Crippen molar-refractivity contribution in [1.29, 1.82) is 0 Å². The first-order valence-corrected chi connectivity index (χ1v) is 10.6. The Balaban J connectivity index is 1.82. The number of hydrogen-bond acceptors (Lipinski definition) is 3. The molecule has 0 saturated carbocycles. The summed E-state index contributed by atoms with van der Waals surface area (Å²) in [7, 11) is 0. The monoisotopic (exact) mass is 497 g/mol. The summed E-state index contributed by atoms with van der Waals surface area (Å²) in [5.74, 6) is -0.154. The van der Waals surface area contributed by atoms with Crippen LogP contribution >= 0.6 is 39.1 Å². The number of nitrogens with one attached hydrogen (secondary N) is 1. The Labute approximate surface area is 188 Å². The second-order valence-electron chi connectivity index (χ2n) is 7.03. The van der Waals surface area contributed by atoms with E-state index in [2.05, 4.69) is 31.4 Å². The molecule has 1 N–H and O–H groups in total. The van der Waals surface area contributed by atoms with Crippen LogP contribution < -0.4 is 5.32 Å². The molecule has 9 heteroatoms. The number of carbonyl (C=O) groups excluding carboxylic acids is 1. The minimum absolute atomic E-state index is 0.154. The lowest BCUT2D eigenvalue weighted by molar-refractivity contribution is -0.119. The van der Waals surface area contributed by atoms with Gasteiger partial charge in [-0.25, -0.2) is 0 Å². The van der Waals surface area contributed by atoms with Gasteiger partial charge in [-0.1, -0.05) is 29.3 Å². The first kappa shape index (κ1) is 21.9. The van der Waals surface area contributed by atoms with Gasteiger partial charge in [0.15, 0.2) is 0 Å². The third-order valence-electron chi connectivity index (χ3n) is 4.95. The van der Waals surface area contributed by atoms with Crippen LogP contribution in [-0.4, -0.2) is 25.5 Å². The molecule has 154 valence electrons. The van der Waals surface area contributed by atoms with Crippen LogP contribution in [0.2, 0.25) is 10.0 Å². The van der Waals surface area contributed by atoms with Crippen LogP contribution in [0.3, 0.4) is 0 Å². The largest absolute Gasteiger partial charge is 0.321 e. The lowest BCUT2D eigenvalue weighted by Gasteiger charge is -2.15. The molecule has 0 aliphatic heterocycles. The summed E-state index contributed by atoms with van der Waals surface area (Å²) < 4.78 is 4.46. The molecule has 0 bridgehead atoms. The Kier molecular flexibility index (Phi) is 6.41. The number of aryl methyl sites for hydroxylation is 2. The molecule has 1 aromatic carbocycles. The fraction of sp³-hybridized carbons (Fsp3) is 0.350. The van der Waals surface area contributed by atoms with Crippen LogP contribution in [0.25, 0.3) is 0 Å². The Morgan fingerprint density at radius 2 is 1.83 bits per heavy atom. The van der Waals surface area contributed by atoms with Crippen molar-refractivity contribution in [2.45, 2.75) is 47.2 Å². The van der Waals surface area contributed by atoms with Crippen LogP contribution in [0.4, 0.5) is 5.69 Å². The summed E-state index contributed by atoms with van der Waals surface area (Å²) in [4.78, 5) is 12.9. The zero-order valence-electron chi connectivity index (χ0n) is 16.8. The standard InChI is InChI=1S/C20H22BrCl2N5O/c1-10-18(21)12(3)28(26-10)14(5)20(29)24-19-11(2)25-27(13(19)4)9-15-6-7-16(22)8-17(15)23/h6-8,14H,9H2,1-5H3,(H,24,29). The van der Waals surface area contributed by atoms with E-state index in [1.807, 2.05) is 45.4 Å². The zero-order chi connectivity index (χ0) is 21.5. The quantitative estimate of drug-likeness (QED) is 0.495. The summed E-state index contributed by atoms with van der Waals surface area (Å²) in [6.45, 7) is 9.93. The first-order valence-electron chi connectivity index (χ1n) is 9.10. The molecular formula is C20H22BrCl2N5O. The molecule has 0 aliphatic rings. The van der Waals surface area contributed by atoms with Crippen molar-refractivity contribution >= 4 is 50.7 Å². The maximum Gasteiger partial charge on any atom is 0.249 e. The van der Waals surface area contributed by atoms with Crippen LogP contribution in [0.1, 0.15) is 41.3 Å². The van der Waals surface area contributed by atoms with Gasteiger partial charge in [-0.05, 0) is 68.2 Å². The van der Waals surface area contributed by atoms with Gasteiger partial charge >= 0.3 is 0 Å². The van der Waals surface area contributed by atoms with E-state index in [1.54, 1.807) is 16.8 Å². The van der Waals surface area contributed by atoms with E-state index < -0.39 is 6.04 Å². The van der Waals surface area contributed by atoms with E-state index >= 15 is 0 Å². The molecule has 0 saturated heterocycles. The molecule has 2 heterocycles. The average molecular weight is 499 g/mol. The maximum atomic E-state index is 12.9. The molecule has 29 heavy (non-hydrogen) atoms. The second kappa shape index (κ2) is 8.50. The summed E-state index contributed by atoms with van der Waals surface area (Å²) in [6.07, 6.45) is 0. The number of benzene rings is 1. The Morgan fingerprint density at radius 1 is 1.14 bits per heavy atom. The second-order valence-corrected chi connectivity index (χ2v) is 8.67. The Morgan fingerprint density at radius 3 is 2.41 bits per heavy atom. The van der Waals surface area contributed by atoms with Gasteiger partial charge in [-0.2, -0.15) is 10.2 Å². The van der Waals surface area contributed by atoms with Gasteiger partial charge < -0.3 is 5.32 Å². The SMILES string of the molecule is Cc1nn(C(C)C(=O)Nc2c(C)nn(Cc3ccc(Cl)cc3Cl)c2C)c(C)c1Br. The highest BCUT2D eigenvalue weighted by Crippen LogP contribution is 2.27. The van der Waals surface area contributed by atoms with Gasteiger partial charge in [0.2, 0.25) is 5.91 Å². The predicted molar refractivity (Wildman–Crippen MR) is 120 cm³/mol. The number of rotatable bonds is 5. The van der Waals surface area contributed by atoms with Crippen molar-refractivity contribution in [1.82, 2.24) is 19.6 Å². The summed E-state index contributed by atoms with van der Waals surface area (Å²) in [5.41, 5.74) is 4.95. The minimum Gasteiger partial charge on any atom is -0.321 e. The van der Waals surface area contributed by atoms with Crippen LogP contribution in [0.15, 0.2) is 22.7 Å². The summed E-state index contributed by atoms with van der Waals surface area (Å²) in [6, 6.07) is 4.92. The van der Waals surface area contributed by atoms with Gasteiger partial charge in [0, 0.05) is 10.0 Å². The van der Waals surface area contributed by atoms with Gasteiger partial charge in [0.25, 0.3) is 0 Å². The van der Waals surface area contributed by atoms with Crippen LogP contribution in [-0.2, 0) is 11.3 Å². The molecule has 0 radical (unpaired) electrons.